The number of hydrogen-bond acceptors (Lipinski definition) is 4. The highest BCUT2D eigenvalue weighted by molar-refractivity contribution is 8.00. The monoisotopic (exact) mass is 299 g/mol. The number of thioether (sulfide) groups is 1. The van der Waals surface area contributed by atoms with Crippen molar-refractivity contribution in [2.24, 2.45) is 11.3 Å². The van der Waals surface area contributed by atoms with Crippen molar-refractivity contribution in [3.8, 4) is 0 Å². The van der Waals surface area contributed by atoms with Crippen LogP contribution in [0.1, 0.15) is 52.4 Å². The predicted octanol–water partition coefficient (Wildman–Crippen LogP) is 3.23. The van der Waals surface area contributed by atoms with Gasteiger partial charge in [-0.05, 0) is 55.7 Å². The molecule has 2 rings (SSSR count). The van der Waals surface area contributed by atoms with E-state index in [1.807, 2.05) is 0 Å². The van der Waals surface area contributed by atoms with Crippen LogP contribution in [-0.4, -0.2) is 36.7 Å². The van der Waals surface area contributed by atoms with Crippen molar-refractivity contribution in [1.29, 1.82) is 0 Å². The first-order chi connectivity index (χ1) is 9.58. The number of carbonyl (C=O) groups is 1. The SMILES string of the molecule is CCNC1CCC(C)CC1SCC1(CC(=O)OC)CC1. The molecular weight excluding hydrogens is 270 g/mol. The number of ether oxygens (including phenoxy) is 1. The maximum atomic E-state index is 11.5. The molecule has 0 aromatic heterocycles. The second-order valence-electron chi connectivity index (χ2n) is 6.68. The van der Waals surface area contributed by atoms with E-state index in [9.17, 15) is 4.79 Å². The normalized spacial score (nSPS) is 31.9. The van der Waals surface area contributed by atoms with Gasteiger partial charge < -0.3 is 10.1 Å². The molecule has 3 nitrogen and oxygen atoms in total. The van der Waals surface area contributed by atoms with E-state index in [1.165, 1.54) is 39.2 Å². The molecule has 0 bridgehead atoms. The van der Waals surface area contributed by atoms with Crippen LogP contribution in [0.25, 0.3) is 0 Å². The van der Waals surface area contributed by atoms with E-state index >= 15 is 0 Å². The minimum atomic E-state index is -0.0386. The van der Waals surface area contributed by atoms with Gasteiger partial charge in [0, 0.05) is 11.3 Å². The molecule has 2 saturated carbocycles. The number of rotatable bonds is 7. The van der Waals surface area contributed by atoms with Crippen molar-refractivity contribution in [3.63, 3.8) is 0 Å². The summed E-state index contributed by atoms with van der Waals surface area (Å²) in [6.07, 6.45) is 6.98. The molecule has 0 amide bonds. The predicted molar refractivity (Wildman–Crippen MR) is 85.0 cm³/mol. The van der Waals surface area contributed by atoms with E-state index in [1.54, 1.807) is 0 Å². The van der Waals surface area contributed by atoms with E-state index in [0.717, 1.165) is 18.2 Å². The molecule has 3 atom stereocenters. The lowest BCUT2D eigenvalue weighted by molar-refractivity contribution is -0.141. The van der Waals surface area contributed by atoms with Crippen LogP contribution in [0.15, 0.2) is 0 Å². The van der Waals surface area contributed by atoms with Gasteiger partial charge in [0.1, 0.15) is 0 Å². The van der Waals surface area contributed by atoms with Crippen LogP contribution < -0.4 is 5.32 Å². The second-order valence-corrected chi connectivity index (χ2v) is 7.91. The Hall–Kier alpha value is -0.220. The van der Waals surface area contributed by atoms with Gasteiger partial charge in [-0.25, -0.2) is 0 Å². The molecule has 0 aromatic carbocycles. The largest absolute Gasteiger partial charge is 0.469 e. The average molecular weight is 299 g/mol. The van der Waals surface area contributed by atoms with E-state index in [2.05, 4.69) is 30.9 Å². The first-order valence-corrected chi connectivity index (χ1v) is 9.05. The fraction of sp³-hybridized carbons (Fsp3) is 0.938. The van der Waals surface area contributed by atoms with E-state index in [-0.39, 0.29) is 11.4 Å². The first-order valence-electron chi connectivity index (χ1n) is 8.00. The maximum Gasteiger partial charge on any atom is 0.306 e. The average Bonchev–Trinajstić information content (AvgIpc) is 3.19. The molecule has 3 unspecified atom stereocenters. The number of nitrogens with one attached hydrogen (secondary N) is 1. The Labute approximate surface area is 127 Å². The van der Waals surface area contributed by atoms with Gasteiger partial charge >= 0.3 is 5.97 Å². The summed E-state index contributed by atoms with van der Waals surface area (Å²) in [7, 11) is 1.50. The van der Waals surface area contributed by atoms with Gasteiger partial charge in [-0.2, -0.15) is 11.8 Å². The zero-order chi connectivity index (χ0) is 14.6. The van der Waals surface area contributed by atoms with Crippen molar-refractivity contribution in [1.82, 2.24) is 5.32 Å². The van der Waals surface area contributed by atoms with E-state index in [0.29, 0.717) is 17.7 Å². The molecule has 0 spiro atoms. The van der Waals surface area contributed by atoms with Gasteiger partial charge in [0.05, 0.1) is 13.5 Å². The van der Waals surface area contributed by atoms with Gasteiger partial charge in [-0.3, -0.25) is 4.79 Å². The lowest BCUT2D eigenvalue weighted by atomic mass is 9.87. The molecule has 0 aromatic rings. The fourth-order valence-electron chi connectivity index (χ4n) is 3.22. The number of methoxy groups -OCH3 is 1. The summed E-state index contributed by atoms with van der Waals surface area (Å²) in [4.78, 5) is 11.5. The summed E-state index contributed by atoms with van der Waals surface area (Å²) >= 11 is 2.10. The van der Waals surface area contributed by atoms with Crippen molar-refractivity contribution in [2.45, 2.75) is 63.7 Å². The highest BCUT2D eigenvalue weighted by Gasteiger charge is 2.45. The highest BCUT2D eigenvalue weighted by atomic mass is 32.2. The van der Waals surface area contributed by atoms with E-state index < -0.39 is 0 Å². The lowest BCUT2D eigenvalue weighted by Gasteiger charge is -2.35. The molecule has 0 saturated heterocycles. The quantitative estimate of drug-likeness (QED) is 0.733. The van der Waals surface area contributed by atoms with Gasteiger partial charge in [0.2, 0.25) is 0 Å². The van der Waals surface area contributed by atoms with Gasteiger partial charge in [-0.15, -0.1) is 0 Å². The van der Waals surface area contributed by atoms with Crippen LogP contribution in [0.3, 0.4) is 0 Å². The summed E-state index contributed by atoms with van der Waals surface area (Å²) in [5, 5.41) is 4.37. The van der Waals surface area contributed by atoms with Gasteiger partial charge in [0.15, 0.2) is 0 Å². The van der Waals surface area contributed by atoms with Crippen LogP contribution in [-0.2, 0) is 9.53 Å². The highest BCUT2D eigenvalue weighted by Crippen LogP contribution is 2.52. The Morgan fingerprint density at radius 3 is 2.75 bits per heavy atom. The molecule has 0 radical (unpaired) electrons. The number of esters is 1. The smallest absolute Gasteiger partial charge is 0.306 e. The van der Waals surface area contributed by atoms with Crippen molar-refractivity contribution < 1.29 is 9.53 Å². The van der Waals surface area contributed by atoms with Crippen molar-refractivity contribution >= 4 is 17.7 Å². The maximum absolute atomic E-state index is 11.5. The molecule has 0 heterocycles. The van der Waals surface area contributed by atoms with Gasteiger partial charge in [-0.1, -0.05) is 13.8 Å². The molecule has 2 aliphatic rings. The molecule has 4 heteroatoms. The summed E-state index contributed by atoms with van der Waals surface area (Å²) in [6.45, 7) is 5.62. The molecule has 2 fully saturated rings. The molecule has 1 N–H and O–H groups in total. The number of hydrogen-bond donors (Lipinski definition) is 1. The molecule has 2 aliphatic carbocycles. The molecular formula is C16H29NO2S. The Kier molecular flexibility index (Phi) is 5.79. The summed E-state index contributed by atoms with van der Waals surface area (Å²) in [5.74, 6) is 1.93. The van der Waals surface area contributed by atoms with Crippen LogP contribution >= 0.6 is 11.8 Å². The molecule has 0 aliphatic heterocycles. The third kappa shape index (κ3) is 4.39. The number of carbonyl (C=O) groups excluding carboxylic acids is 1. The summed E-state index contributed by atoms with van der Waals surface area (Å²) < 4.78 is 4.83. The lowest BCUT2D eigenvalue weighted by Crippen LogP contribution is -2.42. The Bertz CT molecular complexity index is 330. The molecule has 116 valence electrons. The second kappa shape index (κ2) is 7.17. The zero-order valence-electron chi connectivity index (χ0n) is 13.1. The van der Waals surface area contributed by atoms with Gasteiger partial charge in [0.25, 0.3) is 0 Å². The molecule has 20 heavy (non-hydrogen) atoms. The third-order valence-corrected chi connectivity index (χ3v) is 6.56. The summed E-state index contributed by atoms with van der Waals surface area (Å²) in [5.41, 5.74) is 0.259. The Balaban J connectivity index is 1.82. The topological polar surface area (TPSA) is 38.3 Å². The third-order valence-electron chi connectivity index (χ3n) is 4.83. The van der Waals surface area contributed by atoms with Crippen LogP contribution in [0.4, 0.5) is 0 Å². The minimum absolute atomic E-state index is 0.0386. The minimum Gasteiger partial charge on any atom is -0.469 e. The first kappa shape index (κ1) is 16.2. The van der Waals surface area contributed by atoms with Crippen LogP contribution in [0, 0.1) is 11.3 Å². The standard InChI is InChI=1S/C16H29NO2S/c1-4-17-13-6-5-12(2)9-14(13)20-11-16(7-8-16)10-15(18)19-3/h12-14,17H,4-11H2,1-3H3. The van der Waals surface area contributed by atoms with Crippen molar-refractivity contribution in [2.75, 3.05) is 19.4 Å². The van der Waals surface area contributed by atoms with Crippen LogP contribution in [0.2, 0.25) is 0 Å². The van der Waals surface area contributed by atoms with E-state index in [4.69, 9.17) is 4.74 Å². The Morgan fingerprint density at radius 2 is 2.15 bits per heavy atom. The Morgan fingerprint density at radius 1 is 1.40 bits per heavy atom. The fourth-order valence-corrected chi connectivity index (χ4v) is 5.11. The van der Waals surface area contributed by atoms with Crippen molar-refractivity contribution in [3.05, 3.63) is 0 Å². The van der Waals surface area contributed by atoms with Crippen LogP contribution in [0.5, 0.6) is 0 Å². The zero-order valence-corrected chi connectivity index (χ0v) is 13.9. The summed E-state index contributed by atoms with van der Waals surface area (Å²) in [6, 6.07) is 0.662.